The second-order valence-electron chi connectivity index (χ2n) is 4.47. The van der Waals surface area contributed by atoms with Crippen LogP contribution in [0.3, 0.4) is 0 Å². The molecule has 0 aliphatic rings. The number of nitrogens with one attached hydrogen (secondary N) is 1. The lowest BCUT2D eigenvalue weighted by Gasteiger charge is -2.14. The number of para-hydroxylation sites is 1. The Bertz CT molecular complexity index is 689. The molecule has 22 heavy (non-hydrogen) atoms. The number of aromatic nitrogens is 1. The topological polar surface area (TPSA) is 94.3 Å². The summed E-state index contributed by atoms with van der Waals surface area (Å²) in [5, 5.41) is 5.11. The molecule has 0 aliphatic heterocycles. The van der Waals surface area contributed by atoms with E-state index in [9.17, 15) is 9.59 Å². The van der Waals surface area contributed by atoms with Crippen LogP contribution in [0, 0.1) is 0 Å². The molecule has 0 aliphatic carbocycles. The van der Waals surface area contributed by atoms with E-state index in [1.807, 2.05) is 0 Å². The summed E-state index contributed by atoms with van der Waals surface area (Å²) in [6.45, 7) is 1.61. The number of anilines is 1. The highest BCUT2D eigenvalue weighted by atomic mass is 35.5. The first-order valence-electron chi connectivity index (χ1n) is 6.40. The van der Waals surface area contributed by atoms with Gasteiger partial charge in [-0.05, 0) is 19.1 Å². The van der Waals surface area contributed by atoms with E-state index in [4.69, 9.17) is 22.1 Å². The van der Waals surface area contributed by atoms with Gasteiger partial charge in [0.2, 0.25) is 5.91 Å². The minimum atomic E-state index is -0.747. The molecular weight excluding hydrogens is 326 g/mol. The van der Waals surface area contributed by atoms with Gasteiger partial charge in [0.25, 0.3) is 5.91 Å². The molecule has 0 bridgehead atoms. The van der Waals surface area contributed by atoms with Gasteiger partial charge in [-0.2, -0.15) is 0 Å². The third-order valence-electron chi connectivity index (χ3n) is 2.65. The van der Waals surface area contributed by atoms with Crippen LogP contribution in [0.1, 0.15) is 12.6 Å². The monoisotopic (exact) mass is 339 g/mol. The third kappa shape index (κ3) is 4.44. The Balaban J connectivity index is 1.95. The Morgan fingerprint density at radius 2 is 2.18 bits per heavy atom. The molecular formula is C14H14ClN3O3S. The fourth-order valence-electron chi connectivity index (χ4n) is 1.62. The second kappa shape index (κ2) is 7.24. The Morgan fingerprint density at radius 1 is 1.45 bits per heavy atom. The van der Waals surface area contributed by atoms with Crippen molar-refractivity contribution in [3.8, 4) is 5.75 Å². The number of halogens is 1. The molecule has 1 unspecified atom stereocenters. The fraction of sp³-hybridized carbons (Fsp3) is 0.214. The summed E-state index contributed by atoms with van der Waals surface area (Å²) in [4.78, 5) is 27.0. The van der Waals surface area contributed by atoms with Crippen LogP contribution >= 0.6 is 22.9 Å². The average molecular weight is 340 g/mol. The van der Waals surface area contributed by atoms with Gasteiger partial charge in [-0.25, -0.2) is 4.98 Å². The SMILES string of the molecule is CC(Oc1ccccc1Cl)C(=O)Nc1nc(CC(N)=O)cs1. The van der Waals surface area contributed by atoms with E-state index < -0.39 is 12.0 Å². The zero-order valence-electron chi connectivity index (χ0n) is 11.7. The number of amides is 2. The molecule has 2 amide bonds. The van der Waals surface area contributed by atoms with Gasteiger partial charge < -0.3 is 10.5 Å². The van der Waals surface area contributed by atoms with Gasteiger partial charge in [-0.3, -0.25) is 14.9 Å². The Hall–Kier alpha value is -2.12. The standard InChI is InChI=1S/C14H14ClN3O3S/c1-8(21-11-5-3-2-4-10(11)15)13(20)18-14-17-9(7-22-14)6-12(16)19/h2-5,7-8H,6H2,1H3,(H2,16,19)(H,17,18,20). The highest BCUT2D eigenvalue weighted by Gasteiger charge is 2.17. The predicted molar refractivity (Wildman–Crippen MR) is 85.2 cm³/mol. The summed E-state index contributed by atoms with van der Waals surface area (Å²) in [5.41, 5.74) is 5.61. The van der Waals surface area contributed by atoms with Crippen LogP contribution in [-0.2, 0) is 16.0 Å². The number of carbonyl (C=O) groups is 2. The first kappa shape index (κ1) is 16.3. The number of nitrogens with zero attached hydrogens (tertiary/aromatic N) is 1. The van der Waals surface area contributed by atoms with Crippen LogP contribution in [0.15, 0.2) is 29.6 Å². The van der Waals surface area contributed by atoms with Gasteiger partial charge in [0, 0.05) is 5.38 Å². The predicted octanol–water partition coefficient (Wildman–Crippen LogP) is 2.23. The molecule has 1 aromatic carbocycles. The first-order chi connectivity index (χ1) is 10.5. The van der Waals surface area contributed by atoms with Crippen LogP contribution in [0.2, 0.25) is 5.02 Å². The maximum absolute atomic E-state index is 12.1. The zero-order valence-corrected chi connectivity index (χ0v) is 13.3. The summed E-state index contributed by atoms with van der Waals surface area (Å²) in [6.07, 6.45) is -0.707. The average Bonchev–Trinajstić information content (AvgIpc) is 2.87. The largest absolute Gasteiger partial charge is 0.479 e. The molecule has 1 atom stereocenters. The van der Waals surface area contributed by atoms with Crippen molar-refractivity contribution in [3.05, 3.63) is 40.4 Å². The van der Waals surface area contributed by atoms with Crippen molar-refractivity contribution < 1.29 is 14.3 Å². The second-order valence-corrected chi connectivity index (χ2v) is 5.73. The molecule has 6 nitrogen and oxygen atoms in total. The molecule has 1 aromatic heterocycles. The maximum Gasteiger partial charge on any atom is 0.266 e. The zero-order chi connectivity index (χ0) is 16.1. The van der Waals surface area contributed by atoms with Gasteiger partial charge >= 0.3 is 0 Å². The first-order valence-corrected chi connectivity index (χ1v) is 7.66. The lowest BCUT2D eigenvalue weighted by molar-refractivity contribution is -0.122. The molecule has 2 aromatic rings. The minimum absolute atomic E-state index is 0.0397. The fourth-order valence-corrected chi connectivity index (χ4v) is 2.51. The smallest absolute Gasteiger partial charge is 0.266 e. The van der Waals surface area contributed by atoms with Gasteiger partial charge in [0.1, 0.15) is 5.75 Å². The number of hydrogen-bond acceptors (Lipinski definition) is 5. The number of ether oxygens (including phenoxy) is 1. The molecule has 0 fully saturated rings. The Labute approximate surface area is 136 Å². The van der Waals surface area contributed by atoms with Crippen molar-refractivity contribution in [2.75, 3.05) is 5.32 Å². The van der Waals surface area contributed by atoms with Crippen LogP contribution in [0.25, 0.3) is 0 Å². The molecule has 3 N–H and O–H groups in total. The van der Waals surface area contributed by atoms with Crippen LogP contribution in [-0.4, -0.2) is 22.9 Å². The number of primary amides is 1. The summed E-state index contributed by atoms with van der Waals surface area (Å²) in [6, 6.07) is 6.90. The summed E-state index contributed by atoms with van der Waals surface area (Å²) < 4.78 is 5.51. The van der Waals surface area contributed by atoms with Crippen LogP contribution in [0.4, 0.5) is 5.13 Å². The number of hydrogen-bond donors (Lipinski definition) is 2. The van der Waals surface area contributed by atoms with Crippen LogP contribution in [0.5, 0.6) is 5.75 Å². The van der Waals surface area contributed by atoms with Crippen molar-refractivity contribution in [1.29, 1.82) is 0 Å². The van der Waals surface area contributed by atoms with Gasteiger partial charge in [0.15, 0.2) is 11.2 Å². The van der Waals surface area contributed by atoms with E-state index in [-0.39, 0.29) is 12.3 Å². The normalized spacial score (nSPS) is 11.7. The van der Waals surface area contributed by atoms with Crippen molar-refractivity contribution >= 4 is 39.9 Å². The van der Waals surface area contributed by atoms with E-state index in [1.54, 1.807) is 36.6 Å². The molecule has 116 valence electrons. The number of thiazole rings is 1. The molecule has 0 saturated heterocycles. The summed E-state index contributed by atoms with van der Waals surface area (Å²) >= 11 is 7.19. The molecule has 0 spiro atoms. The molecule has 0 radical (unpaired) electrons. The van der Waals surface area contributed by atoms with Crippen molar-refractivity contribution in [2.24, 2.45) is 5.73 Å². The molecule has 1 heterocycles. The lowest BCUT2D eigenvalue weighted by Crippen LogP contribution is -2.30. The third-order valence-corrected chi connectivity index (χ3v) is 3.77. The number of carbonyl (C=O) groups excluding carboxylic acids is 2. The number of rotatable bonds is 6. The Kier molecular flexibility index (Phi) is 5.35. The quantitative estimate of drug-likeness (QED) is 0.843. The lowest BCUT2D eigenvalue weighted by atomic mass is 10.3. The van der Waals surface area contributed by atoms with E-state index in [0.717, 1.165) is 0 Å². The van der Waals surface area contributed by atoms with Crippen molar-refractivity contribution in [2.45, 2.75) is 19.4 Å². The van der Waals surface area contributed by atoms with Gasteiger partial charge in [-0.1, -0.05) is 23.7 Å². The summed E-state index contributed by atoms with van der Waals surface area (Å²) in [7, 11) is 0. The Morgan fingerprint density at radius 3 is 2.86 bits per heavy atom. The van der Waals surface area contributed by atoms with E-state index in [0.29, 0.717) is 21.6 Å². The van der Waals surface area contributed by atoms with E-state index in [1.165, 1.54) is 11.3 Å². The molecule has 8 heteroatoms. The van der Waals surface area contributed by atoms with E-state index in [2.05, 4.69) is 10.3 Å². The number of benzene rings is 1. The highest BCUT2D eigenvalue weighted by molar-refractivity contribution is 7.13. The van der Waals surface area contributed by atoms with E-state index >= 15 is 0 Å². The molecule has 0 saturated carbocycles. The summed E-state index contributed by atoms with van der Waals surface area (Å²) in [5.74, 6) is -0.404. The van der Waals surface area contributed by atoms with Gasteiger partial charge in [0.05, 0.1) is 17.1 Å². The van der Waals surface area contributed by atoms with Gasteiger partial charge in [-0.15, -0.1) is 11.3 Å². The number of nitrogens with two attached hydrogens (primary N) is 1. The van der Waals surface area contributed by atoms with Crippen molar-refractivity contribution in [1.82, 2.24) is 4.98 Å². The minimum Gasteiger partial charge on any atom is -0.479 e. The van der Waals surface area contributed by atoms with Crippen molar-refractivity contribution in [3.63, 3.8) is 0 Å². The molecule has 2 rings (SSSR count). The highest BCUT2D eigenvalue weighted by Crippen LogP contribution is 2.24. The van der Waals surface area contributed by atoms with Crippen LogP contribution < -0.4 is 15.8 Å². The maximum atomic E-state index is 12.1.